The molecule has 3 rings (SSSR count). The van der Waals surface area contributed by atoms with Gasteiger partial charge in [-0.05, 0) is 30.2 Å². The minimum Gasteiger partial charge on any atom is -0.493 e. The van der Waals surface area contributed by atoms with E-state index in [1.807, 2.05) is 25.2 Å². The highest BCUT2D eigenvalue weighted by Gasteiger charge is 2.14. The van der Waals surface area contributed by atoms with Crippen LogP contribution in [0.2, 0.25) is 0 Å². The lowest BCUT2D eigenvalue weighted by atomic mass is 10.1. The summed E-state index contributed by atoms with van der Waals surface area (Å²) < 4.78 is 5.53. The Kier molecular flexibility index (Phi) is 3.07. The second-order valence-corrected chi connectivity index (χ2v) is 4.59. The molecule has 0 spiro atoms. The molecule has 4 nitrogen and oxygen atoms in total. The Balaban J connectivity index is 2.05. The van der Waals surface area contributed by atoms with Crippen LogP contribution in [0, 0.1) is 0 Å². The lowest BCUT2D eigenvalue weighted by molar-refractivity contribution is 0.357. The van der Waals surface area contributed by atoms with Crippen LogP contribution in [0.4, 0.5) is 5.82 Å². The number of nitrogens with one attached hydrogen (secondary N) is 1. The molecule has 1 aliphatic rings. The van der Waals surface area contributed by atoms with E-state index in [1.165, 1.54) is 5.56 Å². The zero-order chi connectivity index (χ0) is 13.2. The molecule has 0 saturated carbocycles. The van der Waals surface area contributed by atoms with E-state index in [0.29, 0.717) is 0 Å². The minimum atomic E-state index is 0.774. The molecule has 0 fully saturated rings. The molecular formula is C15H17N3O. The van der Waals surface area contributed by atoms with Gasteiger partial charge < -0.3 is 10.1 Å². The van der Waals surface area contributed by atoms with Crippen molar-refractivity contribution in [2.45, 2.75) is 19.8 Å². The monoisotopic (exact) mass is 255 g/mol. The fraction of sp³-hybridized carbons (Fsp3) is 0.333. The first-order valence-electron chi connectivity index (χ1n) is 6.62. The Morgan fingerprint density at radius 2 is 2.16 bits per heavy atom. The van der Waals surface area contributed by atoms with Crippen LogP contribution < -0.4 is 10.1 Å². The van der Waals surface area contributed by atoms with Crippen LogP contribution in [0.3, 0.4) is 0 Å². The molecule has 98 valence electrons. The molecule has 0 unspecified atom stereocenters. The van der Waals surface area contributed by atoms with Gasteiger partial charge in [-0.3, -0.25) is 0 Å². The molecule has 0 saturated heterocycles. The van der Waals surface area contributed by atoms with Gasteiger partial charge in [0.05, 0.1) is 6.61 Å². The molecule has 2 heterocycles. The number of ether oxygens (including phenoxy) is 1. The second-order valence-electron chi connectivity index (χ2n) is 4.59. The summed E-state index contributed by atoms with van der Waals surface area (Å²) in [6.45, 7) is 2.87. The predicted molar refractivity (Wildman–Crippen MR) is 75.6 cm³/mol. The predicted octanol–water partition coefficient (Wildman–Crippen LogP) is 2.68. The summed E-state index contributed by atoms with van der Waals surface area (Å²) >= 11 is 0. The number of hydrogen-bond donors (Lipinski definition) is 1. The summed E-state index contributed by atoms with van der Waals surface area (Å²) in [6.07, 6.45) is 1.87. The Labute approximate surface area is 112 Å². The van der Waals surface area contributed by atoms with E-state index in [1.54, 1.807) is 0 Å². The first-order valence-corrected chi connectivity index (χ1v) is 6.62. The number of aromatic nitrogens is 2. The van der Waals surface area contributed by atoms with Crippen molar-refractivity contribution in [1.29, 1.82) is 0 Å². The molecule has 1 N–H and O–H groups in total. The van der Waals surface area contributed by atoms with Crippen LogP contribution in [0.15, 0.2) is 24.3 Å². The summed E-state index contributed by atoms with van der Waals surface area (Å²) in [6, 6.07) is 8.16. The molecular weight excluding hydrogens is 238 g/mol. The Bertz CT molecular complexity index is 588. The lowest BCUT2D eigenvalue weighted by Crippen LogP contribution is -2.00. The number of hydrogen-bond acceptors (Lipinski definition) is 4. The largest absolute Gasteiger partial charge is 0.493 e. The Morgan fingerprint density at radius 1 is 1.26 bits per heavy atom. The van der Waals surface area contributed by atoms with Crippen molar-refractivity contribution >= 4 is 5.82 Å². The van der Waals surface area contributed by atoms with Crippen molar-refractivity contribution in [3.63, 3.8) is 0 Å². The molecule has 0 radical (unpaired) electrons. The van der Waals surface area contributed by atoms with Crippen LogP contribution in [-0.2, 0) is 12.8 Å². The van der Waals surface area contributed by atoms with Crippen LogP contribution in [-0.4, -0.2) is 23.6 Å². The number of nitrogens with zero attached hydrogens (tertiary/aromatic N) is 2. The summed E-state index contributed by atoms with van der Waals surface area (Å²) in [5.74, 6) is 2.63. The SMILES string of the molecule is CCc1cc(NC)nc(-c2ccc3c(c2)CCO3)n1. The molecule has 1 aliphatic heterocycles. The first kappa shape index (κ1) is 12.0. The van der Waals surface area contributed by atoms with Gasteiger partial charge in [0.2, 0.25) is 0 Å². The van der Waals surface area contributed by atoms with E-state index in [2.05, 4.69) is 28.3 Å². The van der Waals surface area contributed by atoms with Gasteiger partial charge in [0, 0.05) is 30.8 Å². The fourth-order valence-electron chi connectivity index (χ4n) is 2.26. The summed E-state index contributed by atoms with van der Waals surface area (Å²) in [4.78, 5) is 9.14. The smallest absolute Gasteiger partial charge is 0.161 e. The average molecular weight is 255 g/mol. The zero-order valence-electron chi connectivity index (χ0n) is 11.2. The Morgan fingerprint density at radius 3 is 2.95 bits per heavy atom. The highest BCUT2D eigenvalue weighted by atomic mass is 16.5. The lowest BCUT2D eigenvalue weighted by Gasteiger charge is -2.08. The maximum atomic E-state index is 5.53. The molecule has 0 aliphatic carbocycles. The third-order valence-corrected chi connectivity index (χ3v) is 3.35. The third-order valence-electron chi connectivity index (χ3n) is 3.35. The van der Waals surface area contributed by atoms with Gasteiger partial charge in [-0.15, -0.1) is 0 Å². The Hall–Kier alpha value is -2.10. The molecule has 19 heavy (non-hydrogen) atoms. The van der Waals surface area contributed by atoms with E-state index in [-0.39, 0.29) is 0 Å². The highest BCUT2D eigenvalue weighted by molar-refractivity contribution is 5.61. The molecule has 2 aromatic rings. The van der Waals surface area contributed by atoms with Gasteiger partial charge >= 0.3 is 0 Å². The van der Waals surface area contributed by atoms with Crippen molar-refractivity contribution in [2.75, 3.05) is 19.0 Å². The maximum Gasteiger partial charge on any atom is 0.161 e. The number of rotatable bonds is 3. The molecule has 4 heteroatoms. The van der Waals surface area contributed by atoms with Crippen molar-refractivity contribution in [1.82, 2.24) is 9.97 Å². The van der Waals surface area contributed by atoms with E-state index < -0.39 is 0 Å². The zero-order valence-corrected chi connectivity index (χ0v) is 11.2. The second kappa shape index (κ2) is 4.88. The van der Waals surface area contributed by atoms with Crippen LogP contribution >= 0.6 is 0 Å². The summed E-state index contributed by atoms with van der Waals surface area (Å²) in [7, 11) is 1.88. The van der Waals surface area contributed by atoms with Gasteiger partial charge in [-0.25, -0.2) is 9.97 Å². The van der Waals surface area contributed by atoms with Crippen molar-refractivity contribution in [2.24, 2.45) is 0 Å². The van der Waals surface area contributed by atoms with Crippen LogP contribution in [0.25, 0.3) is 11.4 Å². The number of benzene rings is 1. The molecule has 0 bridgehead atoms. The minimum absolute atomic E-state index is 0.774. The molecule has 1 aromatic heterocycles. The van der Waals surface area contributed by atoms with E-state index >= 15 is 0 Å². The number of aryl methyl sites for hydroxylation is 1. The molecule has 0 atom stereocenters. The van der Waals surface area contributed by atoms with Gasteiger partial charge in [0.1, 0.15) is 11.6 Å². The number of fused-ring (bicyclic) bond motifs is 1. The molecule has 0 amide bonds. The average Bonchev–Trinajstić information content (AvgIpc) is 2.94. The van der Waals surface area contributed by atoms with Crippen molar-refractivity contribution in [3.8, 4) is 17.1 Å². The van der Waals surface area contributed by atoms with Gasteiger partial charge in [-0.1, -0.05) is 6.92 Å². The van der Waals surface area contributed by atoms with Crippen molar-refractivity contribution in [3.05, 3.63) is 35.5 Å². The van der Waals surface area contributed by atoms with Crippen LogP contribution in [0.5, 0.6) is 5.75 Å². The van der Waals surface area contributed by atoms with Gasteiger partial charge in [0.25, 0.3) is 0 Å². The van der Waals surface area contributed by atoms with E-state index in [9.17, 15) is 0 Å². The number of anilines is 1. The third kappa shape index (κ3) is 2.26. The van der Waals surface area contributed by atoms with E-state index in [0.717, 1.165) is 48.1 Å². The topological polar surface area (TPSA) is 47.0 Å². The maximum absolute atomic E-state index is 5.53. The fourth-order valence-corrected chi connectivity index (χ4v) is 2.26. The van der Waals surface area contributed by atoms with E-state index in [4.69, 9.17) is 4.74 Å². The van der Waals surface area contributed by atoms with Crippen LogP contribution in [0.1, 0.15) is 18.2 Å². The first-order chi connectivity index (χ1) is 9.30. The molecule has 1 aromatic carbocycles. The summed E-state index contributed by atoms with van der Waals surface area (Å²) in [5.41, 5.74) is 3.34. The summed E-state index contributed by atoms with van der Waals surface area (Å²) in [5, 5.41) is 3.09. The standard InChI is InChI=1S/C15H17N3O/c1-3-12-9-14(16-2)18-15(17-12)11-4-5-13-10(8-11)6-7-19-13/h4-5,8-9H,3,6-7H2,1-2H3,(H,16,17,18). The quantitative estimate of drug-likeness (QED) is 0.916. The van der Waals surface area contributed by atoms with Crippen molar-refractivity contribution < 1.29 is 4.74 Å². The van der Waals surface area contributed by atoms with Gasteiger partial charge in [-0.2, -0.15) is 0 Å². The normalized spacial score (nSPS) is 12.9. The van der Waals surface area contributed by atoms with Gasteiger partial charge in [0.15, 0.2) is 5.82 Å². The highest BCUT2D eigenvalue weighted by Crippen LogP contribution is 2.29.